The first-order valence-corrected chi connectivity index (χ1v) is 7.96. The number of hydrogen-bond acceptors (Lipinski definition) is 3. The topological polar surface area (TPSA) is 29.0 Å². The Morgan fingerprint density at radius 1 is 1.27 bits per heavy atom. The van der Waals surface area contributed by atoms with Gasteiger partial charge >= 0.3 is 0 Å². The maximum atomic E-state index is 13.8. The molecule has 1 atom stereocenters. The zero-order chi connectivity index (χ0) is 15.5. The molecule has 0 fully saturated rings. The van der Waals surface area contributed by atoms with Crippen molar-refractivity contribution >= 4 is 23.2 Å². The molecule has 1 unspecified atom stereocenters. The lowest BCUT2D eigenvalue weighted by Gasteiger charge is -2.44. The van der Waals surface area contributed by atoms with Gasteiger partial charge < -0.3 is 0 Å². The van der Waals surface area contributed by atoms with E-state index in [2.05, 4.69) is 14.9 Å². The summed E-state index contributed by atoms with van der Waals surface area (Å²) in [6.07, 6.45) is 2.57. The Kier molecular flexibility index (Phi) is 3.19. The smallest absolute Gasteiger partial charge is 0.224 e. The second kappa shape index (κ2) is 4.88. The molecule has 114 valence electrons. The van der Waals surface area contributed by atoms with Crippen LogP contribution in [0.4, 0.5) is 4.39 Å². The van der Waals surface area contributed by atoms with Crippen molar-refractivity contribution in [2.24, 2.45) is 0 Å². The normalized spacial score (nSPS) is 23.6. The maximum Gasteiger partial charge on any atom is 0.224 e. The summed E-state index contributed by atoms with van der Waals surface area (Å²) in [4.78, 5) is 10.6. The molecule has 3 nitrogen and oxygen atoms in total. The van der Waals surface area contributed by atoms with Gasteiger partial charge in [-0.3, -0.25) is 4.90 Å². The summed E-state index contributed by atoms with van der Waals surface area (Å²) in [6.45, 7) is 0.640. The number of nitrogens with zero attached hydrogens (tertiary/aromatic N) is 3. The molecule has 1 aromatic carbocycles. The predicted molar refractivity (Wildman–Crippen MR) is 83.6 cm³/mol. The van der Waals surface area contributed by atoms with Gasteiger partial charge in [-0.2, -0.15) is 0 Å². The SMILES string of the molecule is CN1Cc2c(Cl)nc(Cl)nc2CC12CCc1ccc(F)cc12. The van der Waals surface area contributed by atoms with Crippen molar-refractivity contribution in [3.05, 3.63) is 56.8 Å². The van der Waals surface area contributed by atoms with Gasteiger partial charge in [0.25, 0.3) is 0 Å². The van der Waals surface area contributed by atoms with Crippen LogP contribution in [-0.2, 0) is 24.9 Å². The van der Waals surface area contributed by atoms with E-state index in [9.17, 15) is 4.39 Å². The summed E-state index contributed by atoms with van der Waals surface area (Å²) >= 11 is 12.2. The summed E-state index contributed by atoms with van der Waals surface area (Å²) in [5.41, 5.74) is 3.84. The molecular weight excluding hydrogens is 324 g/mol. The molecule has 2 aromatic rings. The number of halogens is 3. The zero-order valence-electron chi connectivity index (χ0n) is 12.0. The van der Waals surface area contributed by atoms with E-state index in [0.29, 0.717) is 18.1 Å². The highest BCUT2D eigenvalue weighted by atomic mass is 35.5. The van der Waals surface area contributed by atoms with Crippen molar-refractivity contribution < 1.29 is 4.39 Å². The van der Waals surface area contributed by atoms with Gasteiger partial charge in [-0.15, -0.1) is 0 Å². The number of hydrogen-bond donors (Lipinski definition) is 0. The number of likely N-dealkylation sites (N-methyl/N-ethyl adjacent to an activating group) is 1. The number of aryl methyl sites for hydroxylation is 1. The van der Waals surface area contributed by atoms with Crippen molar-refractivity contribution in [3.63, 3.8) is 0 Å². The molecule has 0 saturated carbocycles. The monoisotopic (exact) mass is 337 g/mol. The third-order valence-corrected chi connectivity index (χ3v) is 5.46. The average molecular weight is 338 g/mol. The molecule has 6 heteroatoms. The van der Waals surface area contributed by atoms with Gasteiger partial charge in [0.05, 0.1) is 11.2 Å². The summed E-state index contributed by atoms with van der Waals surface area (Å²) in [5.74, 6) is -0.196. The molecule has 2 aliphatic rings. The third-order valence-electron chi connectivity index (χ3n) is 4.98. The Bertz CT molecular complexity index is 780. The van der Waals surface area contributed by atoms with Gasteiger partial charge in [-0.1, -0.05) is 17.7 Å². The number of aromatic nitrogens is 2. The molecule has 0 saturated heterocycles. The van der Waals surface area contributed by atoms with E-state index in [1.165, 1.54) is 11.6 Å². The number of benzene rings is 1. The molecule has 22 heavy (non-hydrogen) atoms. The number of fused-ring (bicyclic) bond motifs is 3. The second-order valence-corrected chi connectivity index (χ2v) is 6.77. The van der Waals surface area contributed by atoms with Gasteiger partial charge in [0.15, 0.2) is 0 Å². The molecular formula is C16H14Cl2FN3. The standard InChI is InChI=1S/C16H14Cl2FN3/c1-22-8-11-13(20-15(18)21-14(11)17)7-16(22)5-4-9-2-3-10(19)6-12(9)16/h2-3,6H,4-5,7-8H2,1H3. The molecule has 2 heterocycles. The Labute approximate surface area is 138 Å². The van der Waals surface area contributed by atoms with Gasteiger partial charge in [-0.05, 0) is 54.7 Å². The first-order chi connectivity index (χ1) is 10.5. The van der Waals surface area contributed by atoms with Crippen LogP contribution in [0.3, 0.4) is 0 Å². The van der Waals surface area contributed by atoms with Crippen LogP contribution in [0.15, 0.2) is 18.2 Å². The minimum Gasteiger partial charge on any atom is -0.292 e. The van der Waals surface area contributed by atoms with Crippen LogP contribution in [0.5, 0.6) is 0 Å². The molecule has 1 aromatic heterocycles. The zero-order valence-corrected chi connectivity index (χ0v) is 13.5. The Morgan fingerprint density at radius 3 is 2.91 bits per heavy atom. The quantitative estimate of drug-likeness (QED) is 0.541. The largest absolute Gasteiger partial charge is 0.292 e. The molecule has 4 rings (SSSR count). The van der Waals surface area contributed by atoms with Gasteiger partial charge in [-0.25, -0.2) is 14.4 Å². The summed E-state index contributed by atoms with van der Waals surface area (Å²) in [6, 6.07) is 5.08. The van der Waals surface area contributed by atoms with E-state index in [4.69, 9.17) is 23.2 Å². The Morgan fingerprint density at radius 2 is 2.09 bits per heavy atom. The first-order valence-electron chi connectivity index (χ1n) is 7.20. The van der Waals surface area contributed by atoms with Gasteiger partial charge in [0.1, 0.15) is 11.0 Å². The van der Waals surface area contributed by atoms with Crippen molar-refractivity contribution in [3.8, 4) is 0 Å². The lowest BCUT2D eigenvalue weighted by atomic mass is 9.81. The summed E-state index contributed by atoms with van der Waals surface area (Å²) < 4.78 is 13.8. The van der Waals surface area contributed by atoms with Crippen LogP contribution >= 0.6 is 23.2 Å². The molecule has 1 aliphatic carbocycles. The van der Waals surface area contributed by atoms with Gasteiger partial charge in [0, 0.05) is 18.5 Å². The molecule has 0 N–H and O–H groups in total. The summed E-state index contributed by atoms with van der Waals surface area (Å²) in [7, 11) is 2.05. The van der Waals surface area contributed by atoms with E-state index in [-0.39, 0.29) is 16.6 Å². The highest BCUT2D eigenvalue weighted by molar-refractivity contribution is 6.32. The van der Waals surface area contributed by atoms with Crippen molar-refractivity contribution in [1.82, 2.24) is 14.9 Å². The van der Waals surface area contributed by atoms with E-state index in [1.807, 2.05) is 13.1 Å². The van der Waals surface area contributed by atoms with Crippen LogP contribution in [0.2, 0.25) is 10.4 Å². The fourth-order valence-corrected chi connectivity index (χ4v) is 4.31. The van der Waals surface area contributed by atoms with E-state index in [0.717, 1.165) is 29.7 Å². The Balaban J connectivity index is 1.87. The summed E-state index contributed by atoms with van der Waals surface area (Å²) in [5, 5.41) is 0.579. The van der Waals surface area contributed by atoms with Crippen LogP contribution in [0.25, 0.3) is 0 Å². The maximum absolute atomic E-state index is 13.8. The molecule has 1 aliphatic heterocycles. The molecule has 0 radical (unpaired) electrons. The van der Waals surface area contributed by atoms with E-state index in [1.54, 1.807) is 6.07 Å². The van der Waals surface area contributed by atoms with Crippen LogP contribution in [0, 0.1) is 5.82 Å². The second-order valence-electron chi connectivity index (χ2n) is 6.07. The average Bonchev–Trinajstić information content (AvgIpc) is 2.81. The van der Waals surface area contributed by atoms with Crippen LogP contribution in [0.1, 0.15) is 28.8 Å². The highest BCUT2D eigenvalue weighted by Gasteiger charge is 2.46. The van der Waals surface area contributed by atoms with E-state index >= 15 is 0 Å². The third kappa shape index (κ3) is 1.98. The fraction of sp³-hybridized carbons (Fsp3) is 0.375. The van der Waals surface area contributed by atoms with Crippen molar-refractivity contribution in [1.29, 1.82) is 0 Å². The first kappa shape index (κ1) is 14.4. The highest BCUT2D eigenvalue weighted by Crippen LogP contribution is 2.47. The van der Waals surface area contributed by atoms with Crippen molar-refractivity contribution in [2.75, 3.05) is 7.05 Å². The minimum absolute atomic E-state index is 0.168. The lowest BCUT2D eigenvalue weighted by molar-refractivity contribution is 0.0927. The molecule has 0 bridgehead atoms. The van der Waals surface area contributed by atoms with Crippen molar-refractivity contribution in [2.45, 2.75) is 31.3 Å². The lowest BCUT2D eigenvalue weighted by Crippen LogP contribution is -2.47. The molecule has 0 amide bonds. The minimum atomic E-state index is -0.231. The fourth-order valence-electron chi connectivity index (χ4n) is 3.83. The van der Waals surface area contributed by atoms with E-state index < -0.39 is 0 Å². The van der Waals surface area contributed by atoms with Crippen LogP contribution < -0.4 is 0 Å². The predicted octanol–water partition coefficient (Wildman–Crippen LogP) is 3.75. The van der Waals surface area contributed by atoms with Crippen LogP contribution in [-0.4, -0.2) is 21.9 Å². The number of rotatable bonds is 0. The Hall–Kier alpha value is -1.23. The molecule has 1 spiro atoms. The van der Waals surface area contributed by atoms with Gasteiger partial charge in [0.2, 0.25) is 5.28 Å².